The van der Waals surface area contributed by atoms with Crippen LogP contribution in [0.25, 0.3) is 5.57 Å². The Kier molecular flexibility index (Phi) is 4.19. The second kappa shape index (κ2) is 6.54. The van der Waals surface area contributed by atoms with Gasteiger partial charge in [0, 0.05) is 6.20 Å². The van der Waals surface area contributed by atoms with E-state index < -0.39 is 5.82 Å². The van der Waals surface area contributed by atoms with Gasteiger partial charge in [-0.3, -0.25) is 4.79 Å². The van der Waals surface area contributed by atoms with Crippen LogP contribution in [0.15, 0.2) is 30.2 Å². The lowest BCUT2D eigenvalue weighted by Gasteiger charge is -2.19. The van der Waals surface area contributed by atoms with Crippen LogP contribution in [0.1, 0.15) is 29.5 Å². The number of rotatable bonds is 3. The number of aromatic nitrogens is 1. The van der Waals surface area contributed by atoms with E-state index in [2.05, 4.69) is 4.98 Å². The monoisotopic (exact) mass is 415 g/mol. The quantitative estimate of drug-likeness (QED) is 0.769. The van der Waals surface area contributed by atoms with E-state index in [-0.39, 0.29) is 46.5 Å². The van der Waals surface area contributed by atoms with Crippen LogP contribution in [0.4, 0.5) is 4.39 Å². The third-order valence-electron chi connectivity index (χ3n) is 6.14. The van der Waals surface area contributed by atoms with E-state index in [1.165, 1.54) is 6.20 Å². The third kappa shape index (κ3) is 2.77. The smallest absolute Gasteiger partial charge is 0.255 e. The van der Waals surface area contributed by atoms with Crippen molar-refractivity contribution in [3.63, 3.8) is 0 Å². The molecule has 0 amide bonds. The highest BCUT2D eigenvalue weighted by molar-refractivity contribution is 6.30. The van der Waals surface area contributed by atoms with Crippen LogP contribution < -0.4 is 4.74 Å². The number of ether oxygens (including phenoxy) is 2. The van der Waals surface area contributed by atoms with Crippen molar-refractivity contribution in [2.24, 2.45) is 11.8 Å². The maximum absolute atomic E-state index is 14.0. The lowest BCUT2D eigenvalue weighted by Crippen LogP contribution is -2.29. The average molecular weight is 416 g/mol. The first-order chi connectivity index (χ1) is 13.8. The van der Waals surface area contributed by atoms with Gasteiger partial charge in [0.05, 0.1) is 34.6 Å². The minimum atomic E-state index is -0.661. The molecule has 0 spiro atoms. The molecule has 5 rings (SSSR count). The molecular formula is C22H19ClFNO4. The Bertz CT molecular complexity index is 1060. The molecule has 5 nitrogen and oxygen atoms in total. The van der Waals surface area contributed by atoms with E-state index in [1.807, 2.05) is 13.8 Å². The number of nitrogens with zero attached hydrogens (tertiary/aromatic N) is 1. The number of benzene rings is 1. The Hall–Kier alpha value is -2.44. The number of pyridine rings is 1. The number of aryl methyl sites for hydroxylation is 2. The first-order valence-electron chi connectivity index (χ1n) is 9.58. The number of hydrogen-bond donors (Lipinski definition) is 1. The summed E-state index contributed by atoms with van der Waals surface area (Å²) in [5.74, 6) is -0.882. The van der Waals surface area contributed by atoms with Gasteiger partial charge in [0.2, 0.25) is 0 Å². The summed E-state index contributed by atoms with van der Waals surface area (Å²) in [5, 5.41) is 11.1. The molecule has 0 radical (unpaired) electrons. The van der Waals surface area contributed by atoms with E-state index in [0.717, 1.165) is 30.0 Å². The van der Waals surface area contributed by atoms with Crippen molar-refractivity contribution in [1.82, 2.24) is 4.98 Å². The summed E-state index contributed by atoms with van der Waals surface area (Å²) in [4.78, 5) is 17.0. The van der Waals surface area contributed by atoms with E-state index in [0.29, 0.717) is 16.9 Å². The highest BCUT2D eigenvalue weighted by Crippen LogP contribution is 2.54. The molecule has 1 aromatic carbocycles. The molecular weight excluding hydrogens is 397 g/mol. The lowest BCUT2D eigenvalue weighted by atomic mass is 9.80. The molecule has 150 valence electrons. The first kappa shape index (κ1) is 18.6. The normalized spacial score (nSPS) is 27.7. The summed E-state index contributed by atoms with van der Waals surface area (Å²) < 4.78 is 25.4. The molecule has 4 atom stereocenters. The Morgan fingerprint density at radius 3 is 2.45 bits per heavy atom. The standard InChI is InChI=1S/C22H19ClFNO4/c1-9-5-12(28-22-13(24)7-11(23)8-25-22)6-10(2)16(9)19-20(26)17-14-3-4-15(29-14)18(17)21(19)27/h5-8,14-15,17-18,26H,3-4H2,1-2H3/t14-,15+,17+,18-/m0/s1. The molecule has 2 aliphatic heterocycles. The van der Waals surface area contributed by atoms with Crippen molar-refractivity contribution in [1.29, 1.82) is 0 Å². The number of allylic oxidation sites excluding steroid dienone is 1. The van der Waals surface area contributed by atoms with Gasteiger partial charge >= 0.3 is 0 Å². The van der Waals surface area contributed by atoms with Crippen molar-refractivity contribution >= 4 is 23.0 Å². The van der Waals surface area contributed by atoms with Crippen LogP contribution in [0.5, 0.6) is 11.6 Å². The second-order valence-corrected chi connectivity index (χ2v) is 8.38. The van der Waals surface area contributed by atoms with Gasteiger partial charge in [0.25, 0.3) is 5.88 Å². The number of aliphatic hydroxyl groups is 1. The zero-order valence-electron chi connectivity index (χ0n) is 15.9. The minimum absolute atomic E-state index is 0.0509. The number of hydrogen-bond acceptors (Lipinski definition) is 5. The maximum Gasteiger partial charge on any atom is 0.255 e. The number of Topliss-reactive ketones (excluding diaryl/α,β-unsaturated/α-hetero) is 1. The number of carbonyl (C=O) groups excluding carboxylic acids is 1. The van der Waals surface area contributed by atoms with Gasteiger partial charge in [0.1, 0.15) is 11.5 Å². The third-order valence-corrected chi connectivity index (χ3v) is 6.35. The number of halogens is 2. The summed E-state index contributed by atoms with van der Waals surface area (Å²) in [6.45, 7) is 3.68. The molecule has 1 N–H and O–H groups in total. The van der Waals surface area contributed by atoms with Gasteiger partial charge in [-0.25, -0.2) is 9.37 Å². The second-order valence-electron chi connectivity index (χ2n) is 7.94. The molecule has 3 aliphatic rings. The molecule has 0 saturated carbocycles. The van der Waals surface area contributed by atoms with Crippen molar-refractivity contribution in [3.05, 3.63) is 57.7 Å². The summed E-state index contributed by atoms with van der Waals surface area (Å²) in [6, 6.07) is 4.56. The minimum Gasteiger partial charge on any atom is -0.511 e. The summed E-state index contributed by atoms with van der Waals surface area (Å²) in [6.07, 6.45) is 2.88. The molecule has 1 aromatic heterocycles. The molecule has 29 heavy (non-hydrogen) atoms. The lowest BCUT2D eigenvalue weighted by molar-refractivity contribution is -0.118. The largest absolute Gasteiger partial charge is 0.511 e. The topological polar surface area (TPSA) is 68.7 Å². The fraction of sp³-hybridized carbons (Fsp3) is 0.364. The predicted molar refractivity (Wildman–Crippen MR) is 105 cm³/mol. The summed E-state index contributed by atoms with van der Waals surface area (Å²) in [7, 11) is 0. The van der Waals surface area contributed by atoms with Gasteiger partial charge in [0.15, 0.2) is 11.6 Å². The van der Waals surface area contributed by atoms with Crippen molar-refractivity contribution in [3.8, 4) is 11.6 Å². The van der Waals surface area contributed by atoms with Gasteiger partial charge in [-0.2, -0.15) is 0 Å². The van der Waals surface area contributed by atoms with Crippen LogP contribution in [-0.4, -0.2) is 28.1 Å². The highest BCUT2D eigenvalue weighted by atomic mass is 35.5. The van der Waals surface area contributed by atoms with Crippen LogP contribution in [0.3, 0.4) is 0 Å². The summed E-state index contributed by atoms with van der Waals surface area (Å²) in [5.41, 5.74) is 2.62. The van der Waals surface area contributed by atoms with E-state index >= 15 is 0 Å². The zero-order valence-corrected chi connectivity index (χ0v) is 16.7. The Balaban J connectivity index is 1.51. The van der Waals surface area contributed by atoms with Gasteiger partial charge in [-0.1, -0.05) is 11.6 Å². The molecule has 2 fully saturated rings. The molecule has 2 bridgehead atoms. The maximum atomic E-state index is 14.0. The average Bonchev–Trinajstić information content (AvgIpc) is 3.33. The molecule has 2 saturated heterocycles. The number of carbonyl (C=O) groups is 1. The number of ketones is 1. The molecule has 0 unspecified atom stereocenters. The highest BCUT2D eigenvalue weighted by Gasteiger charge is 2.59. The van der Waals surface area contributed by atoms with Crippen molar-refractivity contribution in [2.45, 2.75) is 38.9 Å². The van der Waals surface area contributed by atoms with E-state index in [4.69, 9.17) is 21.1 Å². The predicted octanol–water partition coefficient (Wildman–Crippen LogP) is 4.93. The van der Waals surface area contributed by atoms with Crippen LogP contribution in [-0.2, 0) is 9.53 Å². The van der Waals surface area contributed by atoms with Gasteiger partial charge in [-0.05, 0) is 61.6 Å². The van der Waals surface area contributed by atoms with Crippen LogP contribution in [0, 0.1) is 31.5 Å². The van der Waals surface area contributed by atoms with E-state index in [9.17, 15) is 14.3 Å². The van der Waals surface area contributed by atoms with Crippen molar-refractivity contribution in [2.75, 3.05) is 0 Å². The first-order valence-corrected chi connectivity index (χ1v) is 9.96. The Morgan fingerprint density at radius 1 is 1.17 bits per heavy atom. The Labute approximate surface area is 172 Å². The van der Waals surface area contributed by atoms with Crippen molar-refractivity contribution < 1.29 is 23.8 Å². The molecule has 7 heteroatoms. The summed E-state index contributed by atoms with van der Waals surface area (Å²) >= 11 is 5.73. The molecule has 1 aliphatic carbocycles. The van der Waals surface area contributed by atoms with Gasteiger partial charge in [-0.15, -0.1) is 0 Å². The zero-order chi connectivity index (χ0) is 20.4. The number of aliphatic hydroxyl groups excluding tert-OH is 1. The molecule has 3 heterocycles. The fourth-order valence-corrected chi connectivity index (χ4v) is 5.18. The number of fused-ring (bicyclic) bond motifs is 5. The fourth-order valence-electron chi connectivity index (χ4n) is 5.03. The Morgan fingerprint density at radius 2 is 1.83 bits per heavy atom. The van der Waals surface area contributed by atoms with E-state index in [1.54, 1.807) is 12.1 Å². The van der Waals surface area contributed by atoms with Crippen LogP contribution >= 0.6 is 11.6 Å². The van der Waals surface area contributed by atoms with Gasteiger partial charge < -0.3 is 14.6 Å². The van der Waals surface area contributed by atoms with Crippen LogP contribution in [0.2, 0.25) is 5.02 Å². The SMILES string of the molecule is Cc1cc(Oc2ncc(Cl)cc2F)cc(C)c1C1=C(O)[C@H]2[C@@H](C1=O)[C@H]1CC[C@@H]2O1. The molecule has 2 aromatic rings.